The third-order valence-electron chi connectivity index (χ3n) is 1.93. The number of nitrogens with one attached hydrogen (secondary N) is 2. The summed E-state index contributed by atoms with van der Waals surface area (Å²) >= 11 is 0. The summed E-state index contributed by atoms with van der Waals surface area (Å²) < 4.78 is 0. The fourth-order valence-electron chi connectivity index (χ4n) is 1.20. The zero-order valence-electron chi connectivity index (χ0n) is 10.4. The molecule has 0 aliphatic rings. The molecule has 0 spiro atoms. The van der Waals surface area contributed by atoms with E-state index in [9.17, 15) is 4.79 Å². The van der Waals surface area contributed by atoms with Crippen molar-refractivity contribution in [2.75, 3.05) is 6.54 Å². The van der Waals surface area contributed by atoms with E-state index in [2.05, 4.69) is 24.1 Å². The molecule has 0 saturated heterocycles. The molecule has 0 aromatic heterocycles. The fourth-order valence-corrected chi connectivity index (χ4v) is 1.20. The number of hydrogen-bond acceptors (Lipinski definition) is 2. The summed E-state index contributed by atoms with van der Waals surface area (Å²) in [5, 5.41) is 6.09. The fraction of sp³-hybridized carbons (Fsp3) is 0.750. The molecule has 0 heterocycles. The molecule has 1 amide bonds. The molecular formula is C12H24N2O. The molecule has 0 aliphatic heterocycles. The third kappa shape index (κ3) is 9.47. The number of carbonyl (C=O) groups excluding carboxylic acids is 1. The Kier molecular flexibility index (Phi) is 6.25. The summed E-state index contributed by atoms with van der Waals surface area (Å²) in [4.78, 5) is 11.4. The van der Waals surface area contributed by atoms with Crippen LogP contribution in [0.1, 0.15) is 40.5 Å². The minimum Gasteiger partial charge on any atom is -0.350 e. The van der Waals surface area contributed by atoms with E-state index < -0.39 is 0 Å². The summed E-state index contributed by atoms with van der Waals surface area (Å²) in [6.07, 6.45) is 3.90. The second-order valence-electron chi connectivity index (χ2n) is 4.95. The Morgan fingerprint density at radius 1 is 1.47 bits per heavy atom. The van der Waals surface area contributed by atoms with Gasteiger partial charge in [0.2, 0.25) is 5.91 Å². The monoisotopic (exact) mass is 212 g/mol. The van der Waals surface area contributed by atoms with Crippen LogP contribution in [0.25, 0.3) is 0 Å². The van der Waals surface area contributed by atoms with Crippen molar-refractivity contribution in [3.63, 3.8) is 0 Å². The summed E-state index contributed by atoms with van der Waals surface area (Å²) in [6.45, 7) is 12.1. The summed E-state index contributed by atoms with van der Waals surface area (Å²) in [5.41, 5.74) is -0.150. The van der Waals surface area contributed by atoms with E-state index in [1.165, 1.54) is 0 Å². The van der Waals surface area contributed by atoms with E-state index >= 15 is 0 Å². The van der Waals surface area contributed by atoms with Crippen molar-refractivity contribution in [2.45, 2.75) is 52.1 Å². The van der Waals surface area contributed by atoms with Crippen LogP contribution in [0.5, 0.6) is 0 Å². The highest BCUT2D eigenvalue weighted by Crippen LogP contribution is 1.98. The van der Waals surface area contributed by atoms with Crippen LogP contribution < -0.4 is 10.6 Å². The van der Waals surface area contributed by atoms with Crippen LogP contribution >= 0.6 is 0 Å². The van der Waals surface area contributed by atoms with E-state index in [1.54, 1.807) is 0 Å². The Morgan fingerprint density at radius 2 is 2.07 bits per heavy atom. The highest BCUT2D eigenvalue weighted by molar-refractivity contribution is 5.78. The van der Waals surface area contributed by atoms with Crippen LogP contribution in [0.15, 0.2) is 12.7 Å². The molecule has 0 aliphatic carbocycles. The van der Waals surface area contributed by atoms with Crippen LogP contribution in [0.3, 0.4) is 0 Å². The summed E-state index contributed by atoms with van der Waals surface area (Å²) in [7, 11) is 0. The quantitative estimate of drug-likeness (QED) is 0.660. The zero-order valence-corrected chi connectivity index (χ0v) is 10.4. The van der Waals surface area contributed by atoms with Crippen molar-refractivity contribution in [1.29, 1.82) is 0 Å². The van der Waals surface area contributed by atoms with E-state index in [-0.39, 0.29) is 11.4 Å². The number of amides is 1. The lowest BCUT2D eigenvalue weighted by molar-refractivity contribution is -0.121. The average Bonchev–Trinajstić information content (AvgIpc) is 2.08. The number of carbonyl (C=O) groups is 1. The summed E-state index contributed by atoms with van der Waals surface area (Å²) in [5.74, 6) is 0.0490. The second-order valence-corrected chi connectivity index (χ2v) is 4.95. The zero-order chi connectivity index (χ0) is 11.9. The Bertz CT molecular complexity index is 206. The van der Waals surface area contributed by atoms with Gasteiger partial charge in [-0.2, -0.15) is 0 Å². The maximum absolute atomic E-state index is 11.4. The molecule has 3 heteroatoms. The van der Waals surface area contributed by atoms with Crippen LogP contribution in [0.4, 0.5) is 0 Å². The number of allylic oxidation sites excluding steroid dienone is 1. The van der Waals surface area contributed by atoms with Gasteiger partial charge in [0.25, 0.3) is 0 Å². The maximum atomic E-state index is 11.4. The molecule has 3 nitrogen and oxygen atoms in total. The van der Waals surface area contributed by atoms with Crippen LogP contribution in [0, 0.1) is 0 Å². The predicted octanol–water partition coefficient (Wildman–Crippen LogP) is 1.85. The van der Waals surface area contributed by atoms with Gasteiger partial charge in [-0.1, -0.05) is 6.08 Å². The van der Waals surface area contributed by atoms with Gasteiger partial charge >= 0.3 is 0 Å². The molecule has 0 fully saturated rings. The molecule has 0 radical (unpaired) electrons. The first-order valence-corrected chi connectivity index (χ1v) is 5.50. The molecule has 0 rings (SSSR count). The first-order valence-electron chi connectivity index (χ1n) is 5.50. The van der Waals surface area contributed by atoms with E-state index in [1.807, 2.05) is 26.8 Å². The van der Waals surface area contributed by atoms with Crippen molar-refractivity contribution < 1.29 is 4.79 Å². The van der Waals surface area contributed by atoms with Gasteiger partial charge in [-0.3, -0.25) is 4.79 Å². The molecule has 1 unspecified atom stereocenters. The molecule has 2 N–H and O–H groups in total. The Balaban J connectivity index is 3.66. The van der Waals surface area contributed by atoms with Gasteiger partial charge in [0, 0.05) is 11.6 Å². The minimum atomic E-state index is -0.150. The molecule has 15 heavy (non-hydrogen) atoms. The summed E-state index contributed by atoms with van der Waals surface area (Å²) in [6, 6.07) is 0.355. The lowest BCUT2D eigenvalue weighted by atomic mass is 10.1. The standard InChI is InChI=1S/C12H24N2O/c1-6-7-8-10(2)13-9-11(15)14-12(3,4)5/h6,10,13H,1,7-9H2,2-5H3,(H,14,15). The Hall–Kier alpha value is -0.830. The molecular weight excluding hydrogens is 188 g/mol. The molecule has 88 valence electrons. The van der Waals surface area contributed by atoms with E-state index in [0.29, 0.717) is 12.6 Å². The maximum Gasteiger partial charge on any atom is 0.234 e. The lowest BCUT2D eigenvalue weighted by Crippen LogP contribution is -2.46. The SMILES string of the molecule is C=CCCC(C)NCC(=O)NC(C)(C)C. The van der Waals surface area contributed by atoms with Gasteiger partial charge in [0.15, 0.2) is 0 Å². The first-order chi connectivity index (χ1) is 6.85. The molecule has 0 aromatic rings. The Labute approximate surface area is 93.3 Å². The van der Waals surface area contributed by atoms with Crippen molar-refractivity contribution in [3.05, 3.63) is 12.7 Å². The van der Waals surface area contributed by atoms with E-state index in [4.69, 9.17) is 0 Å². The Morgan fingerprint density at radius 3 is 2.53 bits per heavy atom. The van der Waals surface area contributed by atoms with Gasteiger partial charge in [-0.05, 0) is 40.5 Å². The van der Waals surface area contributed by atoms with Gasteiger partial charge in [0.05, 0.1) is 6.54 Å². The third-order valence-corrected chi connectivity index (χ3v) is 1.93. The predicted molar refractivity (Wildman–Crippen MR) is 64.8 cm³/mol. The van der Waals surface area contributed by atoms with Crippen molar-refractivity contribution in [1.82, 2.24) is 10.6 Å². The minimum absolute atomic E-state index is 0.0490. The molecule has 0 aromatic carbocycles. The number of rotatable bonds is 6. The van der Waals surface area contributed by atoms with Gasteiger partial charge in [-0.15, -0.1) is 6.58 Å². The molecule has 0 bridgehead atoms. The highest BCUT2D eigenvalue weighted by atomic mass is 16.2. The van der Waals surface area contributed by atoms with E-state index in [0.717, 1.165) is 12.8 Å². The van der Waals surface area contributed by atoms with Crippen molar-refractivity contribution >= 4 is 5.91 Å². The van der Waals surface area contributed by atoms with Gasteiger partial charge in [0.1, 0.15) is 0 Å². The number of hydrogen-bond donors (Lipinski definition) is 2. The smallest absolute Gasteiger partial charge is 0.234 e. The van der Waals surface area contributed by atoms with Crippen molar-refractivity contribution in [3.8, 4) is 0 Å². The average molecular weight is 212 g/mol. The normalized spacial score (nSPS) is 13.3. The van der Waals surface area contributed by atoms with Crippen molar-refractivity contribution in [2.24, 2.45) is 0 Å². The highest BCUT2D eigenvalue weighted by Gasteiger charge is 2.13. The lowest BCUT2D eigenvalue weighted by Gasteiger charge is -2.21. The largest absolute Gasteiger partial charge is 0.350 e. The molecule has 0 saturated carbocycles. The van der Waals surface area contributed by atoms with Crippen LogP contribution in [0.2, 0.25) is 0 Å². The van der Waals surface area contributed by atoms with Crippen LogP contribution in [-0.2, 0) is 4.79 Å². The van der Waals surface area contributed by atoms with Gasteiger partial charge < -0.3 is 10.6 Å². The second kappa shape index (κ2) is 6.62. The van der Waals surface area contributed by atoms with Gasteiger partial charge in [-0.25, -0.2) is 0 Å². The van der Waals surface area contributed by atoms with Crippen LogP contribution in [-0.4, -0.2) is 24.0 Å². The molecule has 1 atom stereocenters. The first kappa shape index (κ1) is 14.2. The topological polar surface area (TPSA) is 41.1 Å².